The van der Waals surface area contributed by atoms with E-state index in [9.17, 15) is 9.59 Å². The number of carbonyl (C=O) groups excluding carboxylic acids is 2. The predicted octanol–water partition coefficient (Wildman–Crippen LogP) is 2.34. The van der Waals surface area contributed by atoms with Crippen LogP contribution in [0.1, 0.15) is 19.8 Å². The van der Waals surface area contributed by atoms with Crippen molar-refractivity contribution >= 4 is 17.5 Å². The molecule has 1 N–H and O–H groups in total. The van der Waals surface area contributed by atoms with Crippen LogP contribution in [0.4, 0.5) is 5.69 Å². The maximum Gasteiger partial charge on any atom is 0.227 e. The van der Waals surface area contributed by atoms with Gasteiger partial charge in [-0.25, -0.2) is 9.97 Å². The summed E-state index contributed by atoms with van der Waals surface area (Å²) in [6.07, 6.45) is 4.62. The van der Waals surface area contributed by atoms with Crippen LogP contribution in [0.15, 0.2) is 42.7 Å². The summed E-state index contributed by atoms with van der Waals surface area (Å²) in [5, 5.41) is 2.87. The fourth-order valence-electron chi connectivity index (χ4n) is 2.83. The number of benzene rings is 1. The molecule has 6 heteroatoms. The van der Waals surface area contributed by atoms with E-state index in [4.69, 9.17) is 0 Å². The van der Waals surface area contributed by atoms with Gasteiger partial charge in [0.2, 0.25) is 11.8 Å². The number of hydrogen-bond acceptors (Lipinski definition) is 4. The summed E-state index contributed by atoms with van der Waals surface area (Å²) in [4.78, 5) is 34.0. The Morgan fingerprint density at radius 1 is 1.08 bits per heavy atom. The highest BCUT2D eigenvalue weighted by Crippen LogP contribution is 2.20. The minimum absolute atomic E-state index is 0.0331. The normalized spacial score (nSPS) is 15.1. The van der Waals surface area contributed by atoms with E-state index in [0.29, 0.717) is 37.4 Å². The van der Waals surface area contributed by atoms with Crippen molar-refractivity contribution in [1.29, 1.82) is 0 Å². The molecule has 2 amide bonds. The SMILES string of the molecule is CC(=O)N1CCC(C(=O)Nc2cnc(-c3ccccc3)nc2)CC1. The Balaban J connectivity index is 1.58. The van der Waals surface area contributed by atoms with E-state index in [1.165, 1.54) is 0 Å². The first-order valence-electron chi connectivity index (χ1n) is 8.07. The van der Waals surface area contributed by atoms with Gasteiger partial charge >= 0.3 is 0 Å². The van der Waals surface area contributed by atoms with E-state index < -0.39 is 0 Å². The first-order chi connectivity index (χ1) is 11.6. The number of piperidine rings is 1. The molecule has 0 spiro atoms. The molecule has 1 aromatic carbocycles. The lowest BCUT2D eigenvalue weighted by Crippen LogP contribution is -2.40. The van der Waals surface area contributed by atoms with Gasteiger partial charge in [-0.15, -0.1) is 0 Å². The number of anilines is 1. The van der Waals surface area contributed by atoms with E-state index in [2.05, 4.69) is 15.3 Å². The second-order valence-corrected chi connectivity index (χ2v) is 5.93. The monoisotopic (exact) mass is 324 g/mol. The van der Waals surface area contributed by atoms with Gasteiger partial charge in [0.15, 0.2) is 5.82 Å². The van der Waals surface area contributed by atoms with Crippen molar-refractivity contribution in [1.82, 2.24) is 14.9 Å². The van der Waals surface area contributed by atoms with Crippen molar-refractivity contribution in [2.75, 3.05) is 18.4 Å². The average molecular weight is 324 g/mol. The number of amides is 2. The van der Waals surface area contributed by atoms with Crippen LogP contribution in [0.5, 0.6) is 0 Å². The van der Waals surface area contributed by atoms with Crippen LogP contribution in [-0.2, 0) is 9.59 Å². The molecule has 3 rings (SSSR count). The third-order valence-electron chi connectivity index (χ3n) is 4.26. The lowest BCUT2D eigenvalue weighted by Gasteiger charge is -2.30. The predicted molar refractivity (Wildman–Crippen MR) is 91.1 cm³/mol. The van der Waals surface area contributed by atoms with E-state index in [-0.39, 0.29) is 17.7 Å². The van der Waals surface area contributed by atoms with Gasteiger partial charge in [0.05, 0.1) is 18.1 Å². The van der Waals surface area contributed by atoms with Gasteiger partial charge in [-0.3, -0.25) is 9.59 Å². The summed E-state index contributed by atoms with van der Waals surface area (Å²) in [6.45, 7) is 2.83. The van der Waals surface area contributed by atoms with Crippen LogP contribution >= 0.6 is 0 Å². The summed E-state index contributed by atoms with van der Waals surface area (Å²) < 4.78 is 0. The van der Waals surface area contributed by atoms with Crippen LogP contribution in [0.3, 0.4) is 0 Å². The summed E-state index contributed by atoms with van der Waals surface area (Å²) >= 11 is 0. The molecule has 2 heterocycles. The molecule has 1 aromatic heterocycles. The molecule has 0 aliphatic carbocycles. The highest BCUT2D eigenvalue weighted by molar-refractivity contribution is 5.92. The van der Waals surface area contributed by atoms with Crippen molar-refractivity contribution < 1.29 is 9.59 Å². The Labute approximate surface area is 140 Å². The van der Waals surface area contributed by atoms with Crippen molar-refractivity contribution in [2.24, 2.45) is 5.92 Å². The fourth-order valence-corrected chi connectivity index (χ4v) is 2.83. The topological polar surface area (TPSA) is 75.2 Å². The number of likely N-dealkylation sites (tertiary alicyclic amines) is 1. The molecular weight excluding hydrogens is 304 g/mol. The molecule has 0 radical (unpaired) electrons. The molecule has 124 valence electrons. The standard InChI is InChI=1S/C18H20N4O2/c1-13(23)22-9-7-15(8-10-22)18(24)21-16-11-19-17(20-12-16)14-5-3-2-4-6-14/h2-6,11-12,15H,7-10H2,1H3,(H,21,24). The molecule has 1 aliphatic rings. The second kappa shape index (κ2) is 7.21. The minimum atomic E-state index is -0.0746. The van der Waals surface area contributed by atoms with Gasteiger partial charge in [0.1, 0.15) is 0 Å². The van der Waals surface area contributed by atoms with Gasteiger partial charge in [-0.1, -0.05) is 30.3 Å². The van der Waals surface area contributed by atoms with Crippen molar-refractivity contribution in [2.45, 2.75) is 19.8 Å². The number of hydrogen-bond donors (Lipinski definition) is 1. The summed E-state index contributed by atoms with van der Waals surface area (Å²) in [6, 6.07) is 9.69. The smallest absolute Gasteiger partial charge is 0.227 e. The van der Waals surface area contributed by atoms with E-state index in [0.717, 1.165) is 5.56 Å². The maximum atomic E-state index is 12.3. The molecule has 0 unspecified atom stereocenters. The summed E-state index contributed by atoms with van der Waals surface area (Å²) in [7, 11) is 0. The Hall–Kier alpha value is -2.76. The molecule has 2 aromatic rings. The highest BCUT2D eigenvalue weighted by atomic mass is 16.2. The number of nitrogens with one attached hydrogen (secondary N) is 1. The summed E-state index contributed by atoms with van der Waals surface area (Å²) in [5.41, 5.74) is 1.53. The van der Waals surface area contributed by atoms with Crippen LogP contribution in [0.25, 0.3) is 11.4 Å². The summed E-state index contributed by atoms with van der Waals surface area (Å²) in [5.74, 6) is 0.589. The van der Waals surface area contributed by atoms with Gasteiger partial charge in [-0.2, -0.15) is 0 Å². The Morgan fingerprint density at radius 3 is 2.29 bits per heavy atom. The van der Waals surface area contributed by atoms with Crippen molar-refractivity contribution in [3.8, 4) is 11.4 Å². The molecule has 0 saturated carbocycles. The quantitative estimate of drug-likeness (QED) is 0.940. The van der Waals surface area contributed by atoms with Gasteiger partial charge in [-0.05, 0) is 12.8 Å². The number of nitrogens with zero attached hydrogens (tertiary/aromatic N) is 3. The third kappa shape index (κ3) is 3.76. The lowest BCUT2D eigenvalue weighted by atomic mass is 9.96. The average Bonchev–Trinajstić information content (AvgIpc) is 2.63. The first-order valence-corrected chi connectivity index (χ1v) is 8.07. The van der Waals surface area contributed by atoms with Crippen molar-refractivity contribution in [3.05, 3.63) is 42.7 Å². The molecule has 1 fully saturated rings. The van der Waals surface area contributed by atoms with E-state index in [1.54, 1.807) is 24.2 Å². The van der Waals surface area contributed by atoms with Gasteiger partial charge < -0.3 is 10.2 Å². The Morgan fingerprint density at radius 2 is 1.71 bits per heavy atom. The van der Waals surface area contributed by atoms with Crippen LogP contribution in [-0.4, -0.2) is 39.8 Å². The highest BCUT2D eigenvalue weighted by Gasteiger charge is 2.26. The third-order valence-corrected chi connectivity index (χ3v) is 4.26. The first kappa shape index (κ1) is 16.1. The van der Waals surface area contributed by atoms with E-state index in [1.807, 2.05) is 30.3 Å². The zero-order valence-electron chi connectivity index (χ0n) is 13.6. The lowest BCUT2D eigenvalue weighted by molar-refractivity contribution is -0.132. The Kier molecular flexibility index (Phi) is 4.84. The zero-order valence-corrected chi connectivity index (χ0v) is 13.6. The van der Waals surface area contributed by atoms with Gasteiger partial charge in [0.25, 0.3) is 0 Å². The van der Waals surface area contributed by atoms with Crippen LogP contribution in [0.2, 0.25) is 0 Å². The zero-order chi connectivity index (χ0) is 16.9. The Bertz CT molecular complexity index is 708. The number of rotatable bonds is 3. The second-order valence-electron chi connectivity index (χ2n) is 5.93. The van der Waals surface area contributed by atoms with Crippen molar-refractivity contribution in [3.63, 3.8) is 0 Å². The number of carbonyl (C=O) groups is 2. The largest absolute Gasteiger partial charge is 0.343 e. The van der Waals surface area contributed by atoms with Crippen LogP contribution < -0.4 is 5.32 Å². The molecule has 1 aliphatic heterocycles. The van der Waals surface area contributed by atoms with Gasteiger partial charge in [0, 0.05) is 31.5 Å². The molecule has 6 nitrogen and oxygen atoms in total. The minimum Gasteiger partial charge on any atom is -0.343 e. The van der Waals surface area contributed by atoms with E-state index >= 15 is 0 Å². The maximum absolute atomic E-state index is 12.3. The molecule has 1 saturated heterocycles. The molecule has 0 bridgehead atoms. The fraction of sp³-hybridized carbons (Fsp3) is 0.333. The molecule has 24 heavy (non-hydrogen) atoms. The number of aromatic nitrogens is 2. The van der Waals surface area contributed by atoms with Crippen LogP contribution in [0, 0.1) is 5.92 Å². The molecular formula is C18H20N4O2. The molecule has 0 atom stereocenters.